The molecule has 0 unspecified atom stereocenters. The molecule has 0 bridgehead atoms. The van der Waals surface area contributed by atoms with Crippen LogP contribution in [0.2, 0.25) is 0 Å². The predicted octanol–water partition coefficient (Wildman–Crippen LogP) is 10.3. The quantitative estimate of drug-likeness (QED) is 0.172. The molecular weight excluding hydrogens is 596 g/mol. The van der Waals surface area contributed by atoms with Gasteiger partial charge in [0.25, 0.3) is 0 Å². The SMILES string of the molecule is C[N+](C)(C)Cc1ccc2cc(N(c3ccc4cc(Br)ccc4c3)c3ccc4cc(Br)ccc4c3)ccc2c1. The van der Waals surface area contributed by atoms with E-state index < -0.39 is 0 Å². The van der Waals surface area contributed by atoms with Crippen molar-refractivity contribution in [1.82, 2.24) is 0 Å². The van der Waals surface area contributed by atoms with E-state index in [-0.39, 0.29) is 0 Å². The molecule has 188 valence electrons. The molecular formula is C34H29Br2N2+. The van der Waals surface area contributed by atoms with E-state index >= 15 is 0 Å². The van der Waals surface area contributed by atoms with Gasteiger partial charge in [-0.1, -0.05) is 74.3 Å². The molecule has 4 heteroatoms. The molecule has 38 heavy (non-hydrogen) atoms. The Labute approximate surface area is 241 Å². The highest BCUT2D eigenvalue weighted by Gasteiger charge is 2.15. The Morgan fingerprint density at radius 2 is 0.842 bits per heavy atom. The first kappa shape index (κ1) is 25.1. The van der Waals surface area contributed by atoms with Crippen LogP contribution in [0.15, 0.2) is 118 Å². The minimum atomic E-state index is 0.911. The zero-order valence-corrected chi connectivity index (χ0v) is 24.9. The van der Waals surface area contributed by atoms with Crippen molar-refractivity contribution in [3.63, 3.8) is 0 Å². The van der Waals surface area contributed by atoms with Gasteiger partial charge in [-0.3, -0.25) is 0 Å². The van der Waals surface area contributed by atoms with E-state index in [0.29, 0.717) is 0 Å². The van der Waals surface area contributed by atoms with Gasteiger partial charge >= 0.3 is 0 Å². The topological polar surface area (TPSA) is 3.24 Å². The maximum atomic E-state index is 3.61. The highest BCUT2D eigenvalue weighted by atomic mass is 79.9. The summed E-state index contributed by atoms with van der Waals surface area (Å²) in [7, 11) is 6.70. The Kier molecular flexibility index (Phi) is 6.51. The van der Waals surface area contributed by atoms with Crippen molar-refractivity contribution in [3.8, 4) is 0 Å². The van der Waals surface area contributed by atoms with Gasteiger partial charge in [0.05, 0.1) is 21.1 Å². The van der Waals surface area contributed by atoms with Gasteiger partial charge in [0, 0.05) is 31.6 Å². The third-order valence-electron chi connectivity index (χ3n) is 6.89. The van der Waals surface area contributed by atoms with Crippen molar-refractivity contribution in [1.29, 1.82) is 0 Å². The molecule has 6 aromatic carbocycles. The highest BCUT2D eigenvalue weighted by Crippen LogP contribution is 2.39. The lowest BCUT2D eigenvalue weighted by Crippen LogP contribution is -2.33. The lowest BCUT2D eigenvalue weighted by molar-refractivity contribution is -0.883. The summed E-state index contributed by atoms with van der Waals surface area (Å²) in [6.45, 7) is 1.00. The van der Waals surface area contributed by atoms with Crippen molar-refractivity contribution < 1.29 is 4.48 Å². The predicted molar refractivity (Wildman–Crippen MR) is 171 cm³/mol. The molecule has 0 aliphatic rings. The highest BCUT2D eigenvalue weighted by molar-refractivity contribution is 9.10. The molecule has 0 aromatic heterocycles. The van der Waals surface area contributed by atoms with Crippen LogP contribution >= 0.6 is 31.9 Å². The summed E-state index contributed by atoms with van der Waals surface area (Å²) < 4.78 is 3.10. The van der Waals surface area contributed by atoms with Gasteiger partial charge in [-0.25, -0.2) is 0 Å². The number of fused-ring (bicyclic) bond motifs is 3. The number of nitrogens with zero attached hydrogens (tertiary/aromatic N) is 2. The number of halogens is 2. The third-order valence-corrected chi connectivity index (χ3v) is 7.88. The Bertz CT molecular complexity index is 1730. The molecule has 0 atom stereocenters. The summed E-state index contributed by atoms with van der Waals surface area (Å²) in [4.78, 5) is 2.36. The molecule has 0 heterocycles. The zero-order chi connectivity index (χ0) is 26.4. The number of quaternary nitrogens is 1. The fourth-order valence-electron chi connectivity index (χ4n) is 5.20. The largest absolute Gasteiger partial charge is 0.327 e. The fourth-order valence-corrected chi connectivity index (χ4v) is 5.96. The van der Waals surface area contributed by atoms with Crippen LogP contribution in [0.3, 0.4) is 0 Å². The van der Waals surface area contributed by atoms with Gasteiger partial charge in [-0.2, -0.15) is 0 Å². The maximum absolute atomic E-state index is 3.61. The number of benzene rings is 6. The van der Waals surface area contributed by atoms with Gasteiger partial charge in [-0.15, -0.1) is 0 Å². The van der Waals surface area contributed by atoms with Crippen molar-refractivity contribution in [2.75, 3.05) is 26.0 Å². The summed E-state index contributed by atoms with van der Waals surface area (Å²) in [6, 6.07) is 40.0. The molecule has 0 N–H and O–H groups in total. The van der Waals surface area contributed by atoms with Crippen LogP contribution in [0.5, 0.6) is 0 Å². The van der Waals surface area contributed by atoms with Gasteiger partial charge in [0.1, 0.15) is 6.54 Å². The minimum absolute atomic E-state index is 0.911. The summed E-state index contributed by atoms with van der Waals surface area (Å²) in [6.07, 6.45) is 0. The summed E-state index contributed by atoms with van der Waals surface area (Å²) in [5.74, 6) is 0. The molecule has 0 amide bonds. The van der Waals surface area contributed by atoms with Crippen LogP contribution < -0.4 is 4.90 Å². The van der Waals surface area contributed by atoms with Gasteiger partial charge in [0.15, 0.2) is 0 Å². The standard InChI is InChI=1S/C34H29Br2N2/c1-38(2,3)22-23-4-5-27-19-32(13-8-24(27)16-23)37(33-14-9-25-17-30(35)11-6-28(25)20-33)34-15-10-26-18-31(36)12-7-29(26)21-34/h4-21H,22H2,1-3H3/q+1. The normalized spacial score (nSPS) is 11.9. The Balaban J connectivity index is 1.50. The van der Waals surface area contributed by atoms with Gasteiger partial charge in [-0.05, 0) is 99.0 Å². The monoisotopic (exact) mass is 623 g/mol. The Hall–Kier alpha value is -3.18. The van der Waals surface area contributed by atoms with Crippen molar-refractivity contribution in [2.24, 2.45) is 0 Å². The van der Waals surface area contributed by atoms with E-state index in [4.69, 9.17) is 0 Å². The van der Waals surface area contributed by atoms with Gasteiger partial charge in [0.2, 0.25) is 0 Å². The molecule has 0 aliphatic carbocycles. The number of hydrogen-bond donors (Lipinski definition) is 0. The van der Waals surface area contributed by atoms with Crippen LogP contribution in [0, 0.1) is 0 Å². The molecule has 0 fully saturated rings. The molecule has 0 aliphatic heterocycles. The second-order valence-electron chi connectivity index (χ2n) is 11.0. The van der Waals surface area contributed by atoms with E-state index in [2.05, 4.69) is 167 Å². The molecule has 6 rings (SSSR count). The molecule has 0 saturated carbocycles. The summed E-state index contributed by atoms with van der Waals surface area (Å²) in [5, 5.41) is 7.38. The first-order valence-corrected chi connectivity index (χ1v) is 14.3. The van der Waals surface area contributed by atoms with Crippen LogP contribution in [0.1, 0.15) is 5.56 Å². The fraction of sp³-hybridized carbons (Fsp3) is 0.118. The van der Waals surface area contributed by atoms with Crippen LogP contribution in [-0.4, -0.2) is 25.6 Å². The maximum Gasteiger partial charge on any atom is 0.104 e. The van der Waals surface area contributed by atoms with Crippen LogP contribution in [0.25, 0.3) is 32.3 Å². The minimum Gasteiger partial charge on any atom is -0.327 e. The average molecular weight is 625 g/mol. The molecule has 0 radical (unpaired) electrons. The van der Waals surface area contributed by atoms with Crippen molar-refractivity contribution in [3.05, 3.63) is 124 Å². The Morgan fingerprint density at radius 1 is 0.474 bits per heavy atom. The zero-order valence-electron chi connectivity index (χ0n) is 21.7. The second-order valence-corrected chi connectivity index (χ2v) is 12.8. The first-order chi connectivity index (χ1) is 18.2. The van der Waals surface area contributed by atoms with E-state index in [1.54, 1.807) is 0 Å². The number of rotatable bonds is 5. The average Bonchev–Trinajstić information content (AvgIpc) is 2.88. The Morgan fingerprint density at radius 3 is 1.29 bits per heavy atom. The summed E-state index contributed by atoms with van der Waals surface area (Å²) in [5.41, 5.74) is 4.77. The van der Waals surface area contributed by atoms with Crippen molar-refractivity contribution in [2.45, 2.75) is 6.54 Å². The van der Waals surface area contributed by atoms with Crippen LogP contribution in [0.4, 0.5) is 17.1 Å². The molecule has 2 nitrogen and oxygen atoms in total. The smallest absolute Gasteiger partial charge is 0.104 e. The molecule has 0 spiro atoms. The summed E-state index contributed by atoms with van der Waals surface area (Å²) >= 11 is 7.22. The van der Waals surface area contributed by atoms with E-state index in [9.17, 15) is 0 Å². The second kappa shape index (κ2) is 9.85. The third kappa shape index (κ3) is 5.22. The lowest BCUT2D eigenvalue weighted by atomic mass is 10.0. The van der Waals surface area contributed by atoms with Crippen LogP contribution in [-0.2, 0) is 6.54 Å². The number of hydrogen-bond acceptors (Lipinski definition) is 1. The van der Waals surface area contributed by atoms with Crippen molar-refractivity contribution >= 4 is 81.2 Å². The van der Waals surface area contributed by atoms with E-state index in [1.165, 1.54) is 37.9 Å². The van der Waals surface area contributed by atoms with E-state index in [1.807, 2.05) is 0 Å². The number of anilines is 3. The molecule has 0 saturated heterocycles. The van der Waals surface area contributed by atoms with E-state index in [0.717, 1.165) is 37.0 Å². The first-order valence-electron chi connectivity index (χ1n) is 12.7. The molecule has 6 aromatic rings. The van der Waals surface area contributed by atoms with Gasteiger partial charge < -0.3 is 9.38 Å². The lowest BCUT2D eigenvalue weighted by Gasteiger charge is -2.27.